The molecular formula is C11H17N3O3. The SMILES string of the molecule is COCCNC(C)(C(=O)OC)c1cnccn1. The second kappa shape index (κ2) is 6.27. The predicted molar refractivity (Wildman–Crippen MR) is 61.3 cm³/mol. The Morgan fingerprint density at radius 2 is 2.24 bits per heavy atom. The number of esters is 1. The Labute approximate surface area is 100 Å². The Kier molecular flexibility index (Phi) is 4.99. The van der Waals surface area contributed by atoms with Crippen LogP contribution in [-0.4, -0.2) is 43.3 Å². The van der Waals surface area contributed by atoms with Crippen LogP contribution in [0.2, 0.25) is 0 Å². The highest BCUT2D eigenvalue weighted by atomic mass is 16.5. The molecule has 0 aliphatic heterocycles. The second-order valence-electron chi connectivity index (χ2n) is 3.63. The maximum Gasteiger partial charge on any atom is 0.332 e. The van der Waals surface area contributed by atoms with Crippen molar-refractivity contribution in [1.29, 1.82) is 0 Å². The molecule has 0 saturated heterocycles. The monoisotopic (exact) mass is 239 g/mol. The molecule has 0 aliphatic rings. The lowest BCUT2D eigenvalue weighted by Gasteiger charge is -2.26. The molecule has 94 valence electrons. The molecule has 1 aromatic heterocycles. The van der Waals surface area contributed by atoms with Crippen molar-refractivity contribution in [2.24, 2.45) is 0 Å². The van der Waals surface area contributed by atoms with Crippen molar-refractivity contribution in [3.63, 3.8) is 0 Å². The summed E-state index contributed by atoms with van der Waals surface area (Å²) in [6.07, 6.45) is 4.63. The van der Waals surface area contributed by atoms with E-state index in [1.54, 1.807) is 20.2 Å². The number of hydrogen-bond donors (Lipinski definition) is 1. The molecule has 0 spiro atoms. The van der Waals surface area contributed by atoms with E-state index < -0.39 is 11.5 Å². The van der Waals surface area contributed by atoms with E-state index in [2.05, 4.69) is 15.3 Å². The van der Waals surface area contributed by atoms with Crippen LogP contribution in [0.3, 0.4) is 0 Å². The summed E-state index contributed by atoms with van der Waals surface area (Å²) in [7, 11) is 2.94. The van der Waals surface area contributed by atoms with Gasteiger partial charge >= 0.3 is 5.97 Å². The van der Waals surface area contributed by atoms with E-state index in [4.69, 9.17) is 9.47 Å². The molecule has 0 amide bonds. The number of rotatable bonds is 6. The zero-order chi connectivity index (χ0) is 12.7. The molecule has 17 heavy (non-hydrogen) atoms. The van der Waals surface area contributed by atoms with Gasteiger partial charge in [0, 0.05) is 26.0 Å². The topological polar surface area (TPSA) is 73.3 Å². The quantitative estimate of drug-likeness (QED) is 0.560. The van der Waals surface area contributed by atoms with E-state index >= 15 is 0 Å². The van der Waals surface area contributed by atoms with Gasteiger partial charge in [0.05, 0.1) is 25.6 Å². The molecule has 1 unspecified atom stereocenters. The number of nitrogens with one attached hydrogen (secondary N) is 1. The molecule has 6 heteroatoms. The molecule has 6 nitrogen and oxygen atoms in total. The maximum absolute atomic E-state index is 11.8. The predicted octanol–water partition coefficient (Wildman–Crippen LogP) is 0.101. The molecule has 1 atom stereocenters. The molecule has 0 bridgehead atoms. The summed E-state index contributed by atoms with van der Waals surface area (Å²) in [6, 6.07) is 0. The first-order valence-electron chi connectivity index (χ1n) is 5.24. The van der Waals surface area contributed by atoms with Crippen LogP contribution < -0.4 is 5.32 Å². The molecule has 1 N–H and O–H groups in total. The van der Waals surface area contributed by atoms with Gasteiger partial charge in [0.1, 0.15) is 0 Å². The summed E-state index contributed by atoms with van der Waals surface area (Å²) >= 11 is 0. The molecule has 0 fully saturated rings. The average molecular weight is 239 g/mol. The zero-order valence-electron chi connectivity index (χ0n) is 10.3. The van der Waals surface area contributed by atoms with Gasteiger partial charge in [-0.2, -0.15) is 0 Å². The van der Waals surface area contributed by atoms with E-state index in [9.17, 15) is 4.79 Å². The highest BCUT2D eigenvalue weighted by Gasteiger charge is 2.37. The van der Waals surface area contributed by atoms with Crippen LogP contribution in [0.5, 0.6) is 0 Å². The van der Waals surface area contributed by atoms with Gasteiger partial charge in [-0.1, -0.05) is 0 Å². The number of carbonyl (C=O) groups excluding carboxylic acids is 1. The Balaban J connectivity index is 2.90. The number of carbonyl (C=O) groups is 1. The van der Waals surface area contributed by atoms with Crippen molar-refractivity contribution in [2.75, 3.05) is 27.4 Å². The highest BCUT2D eigenvalue weighted by molar-refractivity contribution is 5.81. The summed E-state index contributed by atoms with van der Waals surface area (Å²) in [6.45, 7) is 2.71. The summed E-state index contributed by atoms with van der Waals surface area (Å²) in [5, 5.41) is 3.06. The molecule has 1 aromatic rings. The smallest absolute Gasteiger partial charge is 0.332 e. The van der Waals surface area contributed by atoms with Crippen molar-refractivity contribution >= 4 is 5.97 Å². The number of nitrogens with zero attached hydrogens (tertiary/aromatic N) is 2. The van der Waals surface area contributed by atoms with Gasteiger partial charge in [-0.3, -0.25) is 15.3 Å². The fraction of sp³-hybridized carbons (Fsp3) is 0.545. The third kappa shape index (κ3) is 3.21. The van der Waals surface area contributed by atoms with Crippen LogP contribution in [0.25, 0.3) is 0 Å². The van der Waals surface area contributed by atoms with Gasteiger partial charge < -0.3 is 9.47 Å². The number of ether oxygens (including phenoxy) is 2. The zero-order valence-corrected chi connectivity index (χ0v) is 10.3. The van der Waals surface area contributed by atoms with Gasteiger partial charge in [-0.05, 0) is 6.92 Å². The Bertz CT molecular complexity index is 358. The standard InChI is InChI=1S/C11H17N3O3/c1-11(10(15)17-3,14-6-7-16-2)9-8-12-4-5-13-9/h4-5,8,14H,6-7H2,1-3H3. The Morgan fingerprint density at radius 1 is 1.47 bits per heavy atom. The first-order valence-corrected chi connectivity index (χ1v) is 5.24. The van der Waals surface area contributed by atoms with Crippen LogP contribution in [-0.2, 0) is 19.8 Å². The third-order valence-corrected chi connectivity index (χ3v) is 2.45. The van der Waals surface area contributed by atoms with Gasteiger partial charge in [0.2, 0.25) is 0 Å². The Hall–Kier alpha value is -1.53. The first kappa shape index (κ1) is 13.5. The van der Waals surface area contributed by atoms with Crippen LogP contribution >= 0.6 is 0 Å². The third-order valence-electron chi connectivity index (χ3n) is 2.45. The molecule has 0 aromatic carbocycles. The average Bonchev–Trinajstić information content (AvgIpc) is 2.39. The lowest BCUT2D eigenvalue weighted by atomic mass is 9.98. The summed E-state index contributed by atoms with van der Waals surface area (Å²) in [5.41, 5.74) is -0.496. The molecule has 1 rings (SSSR count). The van der Waals surface area contributed by atoms with Crippen molar-refractivity contribution in [1.82, 2.24) is 15.3 Å². The van der Waals surface area contributed by atoms with Gasteiger partial charge in [0.15, 0.2) is 5.54 Å². The minimum atomic E-state index is -1.01. The normalized spacial score (nSPS) is 14.1. The number of aromatic nitrogens is 2. The van der Waals surface area contributed by atoms with Crippen LogP contribution in [0, 0.1) is 0 Å². The Morgan fingerprint density at radius 3 is 2.76 bits per heavy atom. The highest BCUT2D eigenvalue weighted by Crippen LogP contribution is 2.18. The van der Waals surface area contributed by atoms with Crippen LogP contribution in [0.4, 0.5) is 0 Å². The second-order valence-corrected chi connectivity index (χ2v) is 3.63. The molecule has 1 heterocycles. The summed E-state index contributed by atoms with van der Waals surface area (Å²) in [4.78, 5) is 19.9. The van der Waals surface area contributed by atoms with E-state index in [1.165, 1.54) is 19.5 Å². The van der Waals surface area contributed by atoms with Crippen LogP contribution in [0.1, 0.15) is 12.6 Å². The van der Waals surface area contributed by atoms with Gasteiger partial charge in [-0.25, -0.2) is 4.79 Å². The minimum absolute atomic E-state index is 0.408. The van der Waals surface area contributed by atoms with Gasteiger partial charge in [0.25, 0.3) is 0 Å². The first-order chi connectivity index (χ1) is 8.15. The number of methoxy groups -OCH3 is 2. The fourth-order valence-corrected chi connectivity index (χ4v) is 1.43. The number of hydrogen-bond acceptors (Lipinski definition) is 6. The van der Waals surface area contributed by atoms with Crippen molar-refractivity contribution < 1.29 is 14.3 Å². The molecule has 0 radical (unpaired) electrons. The minimum Gasteiger partial charge on any atom is -0.467 e. The summed E-state index contributed by atoms with van der Waals surface area (Å²) < 4.78 is 9.73. The van der Waals surface area contributed by atoms with Gasteiger partial charge in [-0.15, -0.1) is 0 Å². The maximum atomic E-state index is 11.8. The lowest BCUT2D eigenvalue weighted by molar-refractivity contribution is -0.148. The van der Waals surface area contributed by atoms with E-state index in [0.717, 1.165) is 0 Å². The lowest BCUT2D eigenvalue weighted by Crippen LogP contribution is -2.49. The largest absolute Gasteiger partial charge is 0.467 e. The van der Waals surface area contributed by atoms with Crippen molar-refractivity contribution in [3.05, 3.63) is 24.3 Å². The molecule has 0 saturated carbocycles. The van der Waals surface area contributed by atoms with Crippen LogP contribution in [0.15, 0.2) is 18.6 Å². The summed E-state index contributed by atoms with van der Waals surface area (Å²) in [5.74, 6) is -0.408. The van der Waals surface area contributed by atoms with E-state index in [0.29, 0.717) is 18.8 Å². The van der Waals surface area contributed by atoms with E-state index in [1.807, 2.05) is 0 Å². The van der Waals surface area contributed by atoms with Crippen molar-refractivity contribution in [3.8, 4) is 0 Å². The molecule has 0 aliphatic carbocycles. The fourth-order valence-electron chi connectivity index (χ4n) is 1.43. The molecular weight excluding hydrogens is 222 g/mol. The van der Waals surface area contributed by atoms with Crippen molar-refractivity contribution in [2.45, 2.75) is 12.5 Å². The van der Waals surface area contributed by atoms with E-state index in [-0.39, 0.29) is 0 Å².